The first-order valence-electron chi connectivity index (χ1n) is 10.2. The van der Waals surface area contributed by atoms with E-state index in [9.17, 15) is 14.0 Å². The van der Waals surface area contributed by atoms with Crippen molar-refractivity contribution in [3.8, 4) is 11.5 Å². The Labute approximate surface area is 205 Å². The van der Waals surface area contributed by atoms with E-state index in [2.05, 4.69) is 5.32 Å². The minimum absolute atomic E-state index is 0.108. The van der Waals surface area contributed by atoms with Gasteiger partial charge in [-0.05, 0) is 59.2 Å². The summed E-state index contributed by atoms with van der Waals surface area (Å²) >= 11 is 12.3. The predicted molar refractivity (Wildman–Crippen MR) is 127 cm³/mol. The monoisotopic (exact) mass is 500 g/mol. The molecule has 3 aromatic rings. The molecule has 1 heterocycles. The maximum atomic E-state index is 13.1. The van der Waals surface area contributed by atoms with Crippen LogP contribution < -0.4 is 14.8 Å². The van der Waals surface area contributed by atoms with Crippen molar-refractivity contribution in [1.82, 2.24) is 10.2 Å². The number of ether oxygens (including phenoxy) is 2. The molecule has 0 saturated carbocycles. The van der Waals surface area contributed by atoms with Gasteiger partial charge in [0, 0.05) is 5.02 Å². The first-order valence-corrected chi connectivity index (χ1v) is 10.9. The van der Waals surface area contributed by atoms with Gasteiger partial charge < -0.3 is 14.8 Å². The highest BCUT2D eigenvalue weighted by Gasteiger charge is 2.33. The van der Waals surface area contributed by atoms with Gasteiger partial charge in [-0.15, -0.1) is 0 Å². The van der Waals surface area contributed by atoms with Gasteiger partial charge in [-0.2, -0.15) is 0 Å². The lowest BCUT2D eigenvalue weighted by Gasteiger charge is -2.14. The van der Waals surface area contributed by atoms with Gasteiger partial charge in [-0.1, -0.05) is 47.5 Å². The van der Waals surface area contributed by atoms with E-state index >= 15 is 0 Å². The van der Waals surface area contributed by atoms with Crippen LogP contribution in [0.3, 0.4) is 0 Å². The minimum atomic E-state index is -0.525. The summed E-state index contributed by atoms with van der Waals surface area (Å²) in [5.41, 5.74) is 2.16. The summed E-state index contributed by atoms with van der Waals surface area (Å²) in [7, 11) is 1.46. The zero-order valence-corrected chi connectivity index (χ0v) is 19.5. The second-order valence-electron chi connectivity index (χ2n) is 7.46. The summed E-state index contributed by atoms with van der Waals surface area (Å²) in [5, 5.41) is 3.40. The number of methoxy groups -OCH3 is 1. The molecule has 3 aromatic carbocycles. The van der Waals surface area contributed by atoms with Gasteiger partial charge in [0.2, 0.25) is 0 Å². The molecule has 0 radical (unpaired) electrons. The quantitative estimate of drug-likeness (QED) is 0.328. The van der Waals surface area contributed by atoms with E-state index in [1.54, 1.807) is 48.5 Å². The second kappa shape index (κ2) is 10.2. The van der Waals surface area contributed by atoms with Crippen molar-refractivity contribution in [2.24, 2.45) is 0 Å². The van der Waals surface area contributed by atoms with Crippen molar-refractivity contribution < 1.29 is 23.5 Å². The van der Waals surface area contributed by atoms with Crippen LogP contribution >= 0.6 is 23.2 Å². The highest BCUT2D eigenvalue weighted by atomic mass is 35.5. The molecule has 174 valence electrons. The van der Waals surface area contributed by atoms with Gasteiger partial charge in [0.15, 0.2) is 11.5 Å². The third kappa shape index (κ3) is 5.32. The number of halogens is 3. The molecule has 1 aliphatic rings. The fourth-order valence-corrected chi connectivity index (χ4v) is 3.75. The molecule has 34 heavy (non-hydrogen) atoms. The third-order valence-corrected chi connectivity index (χ3v) is 5.61. The van der Waals surface area contributed by atoms with Gasteiger partial charge in [0.25, 0.3) is 5.91 Å². The summed E-state index contributed by atoms with van der Waals surface area (Å²) in [5.74, 6) is -0.151. The van der Waals surface area contributed by atoms with E-state index in [0.717, 1.165) is 16.0 Å². The lowest BCUT2D eigenvalue weighted by atomic mass is 10.1. The van der Waals surface area contributed by atoms with Crippen LogP contribution in [0.2, 0.25) is 10.0 Å². The molecule has 0 atom stereocenters. The van der Waals surface area contributed by atoms with Crippen molar-refractivity contribution in [1.29, 1.82) is 0 Å². The molecular weight excluding hydrogens is 482 g/mol. The predicted octanol–water partition coefficient (Wildman–Crippen LogP) is 5.81. The smallest absolute Gasteiger partial charge is 0.329 e. The van der Waals surface area contributed by atoms with Gasteiger partial charge in [0.1, 0.15) is 18.1 Å². The molecule has 1 aliphatic heterocycles. The number of hydrogen-bond donors (Lipinski definition) is 1. The Morgan fingerprint density at radius 3 is 2.35 bits per heavy atom. The lowest BCUT2D eigenvalue weighted by molar-refractivity contribution is -0.123. The van der Waals surface area contributed by atoms with Crippen molar-refractivity contribution in [3.05, 3.63) is 98.9 Å². The van der Waals surface area contributed by atoms with Crippen LogP contribution in [0.15, 0.2) is 66.4 Å². The van der Waals surface area contributed by atoms with E-state index in [-0.39, 0.29) is 29.7 Å². The van der Waals surface area contributed by atoms with Crippen LogP contribution in [0.5, 0.6) is 11.5 Å². The van der Waals surface area contributed by atoms with Crippen LogP contribution in [-0.2, 0) is 17.9 Å². The van der Waals surface area contributed by atoms with E-state index in [1.165, 1.54) is 25.3 Å². The number of rotatable bonds is 7. The first-order chi connectivity index (χ1) is 16.3. The molecule has 0 unspecified atom stereocenters. The van der Waals surface area contributed by atoms with Gasteiger partial charge in [0.05, 0.1) is 18.7 Å². The fourth-order valence-electron chi connectivity index (χ4n) is 3.35. The topological polar surface area (TPSA) is 67.9 Å². The number of carbonyl (C=O) groups is 2. The van der Waals surface area contributed by atoms with Gasteiger partial charge in [-0.25, -0.2) is 9.18 Å². The van der Waals surface area contributed by atoms with Crippen molar-refractivity contribution in [2.75, 3.05) is 7.11 Å². The molecule has 0 spiro atoms. The van der Waals surface area contributed by atoms with Crippen LogP contribution in [0.1, 0.15) is 16.7 Å². The average Bonchev–Trinajstić information content (AvgIpc) is 3.07. The summed E-state index contributed by atoms with van der Waals surface area (Å²) in [6.07, 6.45) is 1.51. The molecule has 3 amide bonds. The van der Waals surface area contributed by atoms with E-state index in [1.807, 2.05) is 0 Å². The van der Waals surface area contributed by atoms with Crippen LogP contribution in [-0.4, -0.2) is 23.9 Å². The first kappa shape index (κ1) is 23.6. The Balaban J connectivity index is 1.52. The number of nitrogens with one attached hydrogen (secondary N) is 1. The van der Waals surface area contributed by atoms with Gasteiger partial charge >= 0.3 is 6.03 Å². The Morgan fingerprint density at radius 1 is 1.00 bits per heavy atom. The number of hydrogen-bond acceptors (Lipinski definition) is 4. The number of carbonyl (C=O) groups excluding carboxylic acids is 2. The summed E-state index contributed by atoms with van der Waals surface area (Å²) in [6.45, 7) is 0.268. The highest BCUT2D eigenvalue weighted by molar-refractivity contribution is 6.32. The standard InChI is InChI=1S/C25H19Cl2FN2O4/c1-33-22-12-17(10-20(27)23(22)34-14-16-4-8-19(28)9-5-16)11-21-24(31)30(25(32)29-21)13-15-2-6-18(26)7-3-15/h2-12H,13-14H2,1H3,(H,29,32)/b21-11-. The molecule has 0 aliphatic carbocycles. The number of urea groups is 1. The highest BCUT2D eigenvalue weighted by Crippen LogP contribution is 2.37. The Hall–Kier alpha value is -3.55. The van der Waals surface area contributed by atoms with Crippen molar-refractivity contribution >= 4 is 41.2 Å². The van der Waals surface area contributed by atoms with Crippen molar-refractivity contribution in [2.45, 2.75) is 13.2 Å². The Bertz CT molecular complexity index is 1260. The number of amides is 3. The maximum Gasteiger partial charge on any atom is 0.329 e. The zero-order chi connectivity index (χ0) is 24.2. The Kier molecular flexibility index (Phi) is 7.05. The zero-order valence-electron chi connectivity index (χ0n) is 18.0. The molecule has 1 N–H and O–H groups in total. The molecule has 6 nitrogen and oxygen atoms in total. The molecule has 1 saturated heterocycles. The minimum Gasteiger partial charge on any atom is -0.493 e. The molecule has 9 heteroatoms. The average molecular weight is 501 g/mol. The SMILES string of the molecule is COc1cc(/C=C2\NC(=O)N(Cc3ccc(Cl)cc3)C2=O)cc(Cl)c1OCc1ccc(F)cc1. The van der Waals surface area contributed by atoms with E-state index in [4.69, 9.17) is 32.7 Å². The summed E-state index contributed by atoms with van der Waals surface area (Å²) < 4.78 is 24.3. The van der Waals surface area contributed by atoms with Crippen molar-refractivity contribution in [3.63, 3.8) is 0 Å². The number of nitrogens with zero attached hydrogens (tertiary/aromatic N) is 1. The summed E-state index contributed by atoms with van der Waals surface area (Å²) in [4.78, 5) is 26.3. The third-order valence-electron chi connectivity index (χ3n) is 5.08. The van der Waals surface area contributed by atoms with E-state index in [0.29, 0.717) is 22.1 Å². The fraction of sp³-hybridized carbons (Fsp3) is 0.120. The van der Waals surface area contributed by atoms with Crippen LogP contribution in [0, 0.1) is 5.82 Å². The molecule has 0 aromatic heterocycles. The Morgan fingerprint density at radius 2 is 1.68 bits per heavy atom. The molecule has 4 rings (SSSR count). The summed E-state index contributed by atoms with van der Waals surface area (Å²) in [6, 6.07) is 15.5. The van der Waals surface area contributed by atoms with Crippen LogP contribution in [0.4, 0.5) is 9.18 Å². The van der Waals surface area contributed by atoms with E-state index < -0.39 is 11.9 Å². The maximum absolute atomic E-state index is 13.1. The molecule has 0 bridgehead atoms. The number of imide groups is 1. The molecule has 1 fully saturated rings. The lowest BCUT2D eigenvalue weighted by Crippen LogP contribution is -2.30. The molecular formula is C25H19Cl2FN2O4. The second-order valence-corrected chi connectivity index (χ2v) is 8.30. The number of benzene rings is 3. The van der Waals surface area contributed by atoms with Gasteiger partial charge in [-0.3, -0.25) is 9.69 Å². The normalized spacial score (nSPS) is 14.5. The van der Waals surface area contributed by atoms with Crippen LogP contribution in [0.25, 0.3) is 6.08 Å². The largest absolute Gasteiger partial charge is 0.493 e.